The van der Waals surface area contributed by atoms with Gasteiger partial charge < -0.3 is 10.5 Å². The maximum atomic E-state index is 11.6. The van der Waals surface area contributed by atoms with Gasteiger partial charge in [-0.2, -0.15) is 0 Å². The first-order valence-electron chi connectivity index (χ1n) is 5.03. The summed E-state index contributed by atoms with van der Waals surface area (Å²) < 4.78 is 4.78. The monoisotopic (exact) mass is 239 g/mol. The van der Waals surface area contributed by atoms with Gasteiger partial charge in [0.1, 0.15) is 10.3 Å². The van der Waals surface area contributed by atoms with Crippen molar-refractivity contribution in [1.82, 2.24) is 9.97 Å². The lowest BCUT2D eigenvalue weighted by atomic mass is 10.3. The molecule has 1 atom stereocenters. The molecule has 1 aromatic heterocycles. The lowest BCUT2D eigenvalue weighted by Gasteiger charge is -2.12. The molecule has 0 amide bonds. The quantitative estimate of drug-likeness (QED) is 0.626. The molecule has 2 N–H and O–H groups in total. The predicted molar refractivity (Wildman–Crippen MR) is 60.8 cm³/mol. The summed E-state index contributed by atoms with van der Waals surface area (Å²) in [7, 11) is 1.40. The van der Waals surface area contributed by atoms with Crippen molar-refractivity contribution in [1.29, 1.82) is 0 Å². The molecule has 1 aliphatic rings. The summed E-state index contributed by atoms with van der Waals surface area (Å²) in [5, 5.41) is 0.397. The molecule has 2 rings (SSSR count). The standard InChI is InChI=1S/C10H13N3O2S/c1-15-10(14)7(6-2-3-6)16-9-8(11)12-4-5-13-9/h4-7H,2-3H2,1H3,(H2,11,12). The number of carbonyl (C=O) groups is 1. The van der Waals surface area contributed by atoms with Crippen LogP contribution < -0.4 is 5.73 Å². The fourth-order valence-corrected chi connectivity index (χ4v) is 2.59. The van der Waals surface area contributed by atoms with Crippen LogP contribution in [-0.4, -0.2) is 28.3 Å². The molecule has 6 heteroatoms. The van der Waals surface area contributed by atoms with Gasteiger partial charge in [0.25, 0.3) is 0 Å². The van der Waals surface area contributed by atoms with Gasteiger partial charge in [0.2, 0.25) is 0 Å². The second-order valence-corrected chi connectivity index (χ2v) is 4.78. The van der Waals surface area contributed by atoms with E-state index in [2.05, 4.69) is 9.97 Å². The highest BCUT2D eigenvalue weighted by Crippen LogP contribution is 2.42. The predicted octanol–water partition coefficient (Wildman–Crippen LogP) is 1.10. The molecule has 5 nitrogen and oxygen atoms in total. The van der Waals surface area contributed by atoms with Crippen LogP contribution in [0, 0.1) is 5.92 Å². The Labute approximate surface area is 97.8 Å². The minimum absolute atomic E-state index is 0.205. The van der Waals surface area contributed by atoms with Crippen molar-refractivity contribution < 1.29 is 9.53 Å². The van der Waals surface area contributed by atoms with E-state index in [1.807, 2.05) is 0 Å². The van der Waals surface area contributed by atoms with Crippen LogP contribution in [0.1, 0.15) is 12.8 Å². The summed E-state index contributed by atoms with van der Waals surface area (Å²) in [6.45, 7) is 0. The third kappa shape index (κ3) is 2.44. The van der Waals surface area contributed by atoms with Gasteiger partial charge in [0.15, 0.2) is 5.82 Å². The molecule has 86 valence electrons. The molecule has 0 bridgehead atoms. The zero-order valence-corrected chi connectivity index (χ0v) is 9.74. The maximum absolute atomic E-state index is 11.6. The molecule has 1 aromatic rings. The Morgan fingerprint density at radius 1 is 1.56 bits per heavy atom. The van der Waals surface area contributed by atoms with Crippen LogP contribution in [-0.2, 0) is 9.53 Å². The third-order valence-electron chi connectivity index (χ3n) is 2.41. The average Bonchev–Trinajstić information content (AvgIpc) is 3.11. The van der Waals surface area contributed by atoms with Crippen molar-refractivity contribution in [3.63, 3.8) is 0 Å². The fraction of sp³-hybridized carbons (Fsp3) is 0.500. The number of nitrogen functional groups attached to an aromatic ring is 1. The van der Waals surface area contributed by atoms with Gasteiger partial charge in [-0.25, -0.2) is 9.97 Å². The van der Waals surface area contributed by atoms with Crippen LogP contribution >= 0.6 is 11.8 Å². The highest BCUT2D eigenvalue weighted by Gasteiger charge is 2.38. The number of nitrogens with two attached hydrogens (primary N) is 1. The summed E-state index contributed by atoms with van der Waals surface area (Å²) in [6.07, 6.45) is 5.23. The van der Waals surface area contributed by atoms with Crippen LogP contribution in [0.3, 0.4) is 0 Å². The van der Waals surface area contributed by atoms with E-state index >= 15 is 0 Å². The third-order valence-corrected chi connectivity index (χ3v) is 3.78. The zero-order chi connectivity index (χ0) is 11.5. The Kier molecular flexibility index (Phi) is 3.28. The van der Waals surface area contributed by atoms with Crippen molar-refractivity contribution in [2.24, 2.45) is 5.92 Å². The first-order chi connectivity index (χ1) is 7.72. The number of aromatic nitrogens is 2. The average molecular weight is 239 g/mol. The van der Waals surface area contributed by atoms with Crippen LogP contribution in [0.4, 0.5) is 5.82 Å². The smallest absolute Gasteiger partial charge is 0.319 e. The molecule has 1 heterocycles. The molecule has 1 aliphatic carbocycles. The molecule has 0 radical (unpaired) electrons. The van der Waals surface area contributed by atoms with E-state index in [1.54, 1.807) is 6.20 Å². The number of thioether (sulfide) groups is 1. The first-order valence-corrected chi connectivity index (χ1v) is 5.91. The summed E-state index contributed by atoms with van der Waals surface area (Å²) >= 11 is 1.35. The second-order valence-electron chi connectivity index (χ2n) is 3.65. The SMILES string of the molecule is COC(=O)C(Sc1nccnc1N)C1CC1. The second kappa shape index (κ2) is 4.69. The van der Waals surface area contributed by atoms with Gasteiger partial charge in [-0.15, -0.1) is 0 Å². The van der Waals surface area contributed by atoms with E-state index < -0.39 is 0 Å². The van der Waals surface area contributed by atoms with E-state index in [9.17, 15) is 4.79 Å². The van der Waals surface area contributed by atoms with Crippen molar-refractivity contribution in [3.8, 4) is 0 Å². The van der Waals surface area contributed by atoms with Crippen LogP contribution in [0.2, 0.25) is 0 Å². The van der Waals surface area contributed by atoms with E-state index in [4.69, 9.17) is 10.5 Å². The molecular formula is C10H13N3O2S. The van der Waals surface area contributed by atoms with Crippen LogP contribution in [0.5, 0.6) is 0 Å². The lowest BCUT2D eigenvalue weighted by molar-refractivity contribution is -0.140. The lowest BCUT2D eigenvalue weighted by Crippen LogP contribution is -2.21. The number of anilines is 1. The minimum atomic E-state index is -0.211. The van der Waals surface area contributed by atoms with E-state index in [0.717, 1.165) is 12.8 Å². The highest BCUT2D eigenvalue weighted by atomic mass is 32.2. The maximum Gasteiger partial charge on any atom is 0.319 e. The Morgan fingerprint density at radius 3 is 2.81 bits per heavy atom. The molecule has 0 saturated heterocycles. The summed E-state index contributed by atoms with van der Waals surface area (Å²) in [4.78, 5) is 19.6. The van der Waals surface area contributed by atoms with E-state index in [0.29, 0.717) is 16.8 Å². The van der Waals surface area contributed by atoms with Gasteiger partial charge in [-0.1, -0.05) is 11.8 Å². The molecular weight excluding hydrogens is 226 g/mol. The van der Waals surface area contributed by atoms with Crippen molar-refractivity contribution >= 4 is 23.5 Å². The number of nitrogens with zero attached hydrogens (tertiary/aromatic N) is 2. The van der Waals surface area contributed by atoms with Gasteiger partial charge in [-0.05, 0) is 18.8 Å². The molecule has 1 saturated carbocycles. The molecule has 0 aromatic carbocycles. The molecule has 0 spiro atoms. The van der Waals surface area contributed by atoms with Gasteiger partial charge >= 0.3 is 5.97 Å². The number of hydrogen-bond donors (Lipinski definition) is 1. The number of hydrogen-bond acceptors (Lipinski definition) is 6. The highest BCUT2D eigenvalue weighted by molar-refractivity contribution is 8.00. The summed E-state index contributed by atoms with van der Waals surface area (Å²) in [5.74, 6) is 0.540. The van der Waals surface area contributed by atoms with Crippen LogP contribution in [0.25, 0.3) is 0 Å². The number of carbonyl (C=O) groups excluding carboxylic acids is 1. The van der Waals surface area contributed by atoms with Gasteiger partial charge in [-0.3, -0.25) is 4.79 Å². The van der Waals surface area contributed by atoms with Crippen molar-refractivity contribution in [2.45, 2.75) is 23.1 Å². The van der Waals surface area contributed by atoms with Crippen LogP contribution in [0.15, 0.2) is 17.4 Å². The first kappa shape index (κ1) is 11.2. The number of methoxy groups -OCH3 is 1. The number of esters is 1. The van der Waals surface area contributed by atoms with E-state index in [1.165, 1.54) is 25.1 Å². The Hall–Kier alpha value is -1.30. The summed E-state index contributed by atoms with van der Waals surface area (Å²) in [5.41, 5.74) is 5.68. The van der Waals surface area contributed by atoms with E-state index in [-0.39, 0.29) is 11.2 Å². The molecule has 16 heavy (non-hydrogen) atoms. The zero-order valence-electron chi connectivity index (χ0n) is 8.92. The number of ether oxygens (including phenoxy) is 1. The molecule has 1 fully saturated rings. The Balaban J connectivity index is 2.11. The Bertz CT molecular complexity index is 395. The molecule has 0 aliphatic heterocycles. The van der Waals surface area contributed by atoms with Gasteiger partial charge in [0, 0.05) is 12.4 Å². The normalized spacial score (nSPS) is 16.8. The summed E-state index contributed by atoms with van der Waals surface area (Å²) in [6, 6.07) is 0. The van der Waals surface area contributed by atoms with Crippen molar-refractivity contribution in [2.75, 3.05) is 12.8 Å². The minimum Gasteiger partial charge on any atom is -0.468 e. The molecule has 1 unspecified atom stereocenters. The van der Waals surface area contributed by atoms with Gasteiger partial charge in [0.05, 0.1) is 7.11 Å². The number of rotatable bonds is 4. The largest absolute Gasteiger partial charge is 0.468 e. The fourth-order valence-electron chi connectivity index (χ4n) is 1.40. The van der Waals surface area contributed by atoms with Crippen molar-refractivity contribution in [3.05, 3.63) is 12.4 Å². The topological polar surface area (TPSA) is 78.1 Å². The Morgan fingerprint density at radius 2 is 2.25 bits per heavy atom.